The van der Waals surface area contributed by atoms with Crippen LogP contribution in [-0.4, -0.2) is 17.6 Å². The zero-order valence-corrected chi connectivity index (χ0v) is 18.6. The van der Waals surface area contributed by atoms with E-state index in [1.165, 1.54) is 15.2 Å². The number of fused-ring (bicyclic) bond motifs is 1. The molecule has 150 valence electrons. The van der Waals surface area contributed by atoms with Crippen LogP contribution in [0.15, 0.2) is 67.4 Å². The molecule has 4 rings (SSSR count). The standard InChI is InChI=1S/C19H16BrN3O4S2/c1-22-14-10-13(21-29(25,26)18-9-8-17(20)28-18)16(11-15(14)23(2)19(22)24)27-12-6-4-3-5-7-12/h3-11,21H,1-2H3. The molecule has 7 nitrogen and oxygen atoms in total. The summed E-state index contributed by atoms with van der Waals surface area (Å²) < 4.78 is 38.1. The molecule has 2 heterocycles. The molecular formula is C19H16BrN3O4S2. The first kappa shape index (κ1) is 19.7. The van der Waals surface area contributed by atoms with E-state index in [2.05, 4.69) is 20.7 Å². The van der Waals surface area contributed by atoms with Crippen molar-refractivity contribution >= 4 is 54.0 Å². The number of sulfonamides is 1. The van der Waals surface area contributed by atoms with Crippen LogP contribution in [0.25, 0.3) is 11.0 Å². The SMILES string of the molecule is Cn1c(=O)n(C)c2cc(Oc3ccccc3)c(NS(=O)(=O)c3ccc(Br)s3)cc21. The molecule has 0 spiro atoms. The Bertz CT molecular complexity index is 1370. The second kappa shape index (κ2) is 7.36. The number of nitrogens with one attached hydrogen (secondary N) is 1. The number of nitrogens with zero attached hydrogens (tertiary/aromatic N) is 2. The molecule has 2 aromatic heterocycles. The highest BCUT2D eigenvalue weighted by molar-refractivity contribution is 9.11. The van der Waals surface area contributed by atoms with Crippen LogP contribution in [-0.2, 0) is 24.1 Å². The normalized spacial score (nSPS) is 11.7. The maximum Gasteiger partial charge on any atom is 0.328 e. The molecule has 10 heteroatoms. The van der Waals surface area contributed by atoms with Crippen molar-refractivity contribution in [3.63, 3.8) is 0 Å². The molecule has 29 heavy (non-hydrogen) atoms. The molecule has 0 unspecified atom stereocenters. The number of ether oxygens (including phenoxy) is 1. The Morgan fingerprint density at radius 1 is 1.00 bits per heavy atom. The summed E-state index contributed by atoms with van der Waals surface area (Å²) in [5, 5.41) is 0. The van der Waals surface area contributed by atoms with Crippen molar-refractivity contribution in [2.45, 2.75) is 4.21 Å². The van der Waals surface area contributed by atoms with Gasteiger partial charge in [-0.15, -0.1) is 11.3 Å². The third-order valence-corrected chi connectivity index (χ3v) is 7.88. The van der Waals surface area contributed by atoms with Gasteiger partial charge in [-0.05, 0) is 46.3 Å². The van der Waals surface area contributed by atoms with E-state index < -0.39 is 10.0 Å². The number of rotatable bonds is 5. The Kier molecular flexibility index (Phi) is 5.01. The van der Waals surface area contributed by atoms with E-state index in [4.69, 9.17) is 4.74 Å². The van der Waals surface area contributed by atoms with Crippen LogP contribution in [0.2, 0.25) is 0 Å². The molecular weight excluding hydrogens is 478 g/mol. The van der Waals surface area contributed by atoms with Crippen molar-refractivity contribution < 1.29 is 13.2 Å². The fraction of sp³-hybridized carbons (Fsp3) is 0.105. The first-order chi connectivity index (χ1) is 13.8. The van der Waals surface area contributed by atoms with Gasteiger partial charge in [-0.25, -0.2) is 13.2 Å². The number of imidazole rings is 1. The summed E-state index contributed by atoms with van der Waals surface area (Å²) >= 11 is 4.39. The van der Waals surface area contributed by atoms with Gasteiger partial charge >= 0.3 is 5.69 Å². The lowest BCUT2D eigenvalue weighted by Gasteiger charge is -2.14. The van der Waals surface area contributed by atoms with Gasteiger partial charge in [0, 0.05) is 20.2 Å². The fourth-order valence-corrected chi connectivity index (χ4v) is 6.01. The van der Waals surface area contributed by atoms with Crippen molar-refractivity contribution in [3.05, 3.63) is 68.9 Å². The Morgan fingerprint density at radius 3 is 2.28 bits per heavy atom. The van der Waals surface area contributed by atoms with Crippen molar-refractivity contribution in [3.8, 4) is 11.5 Å². The number of para-hydroxylation sites is 1. The summed E-state index contributed by atoms with van der Waals surface area (Å²) in [4.78, 5) is 12.3. The summed E-state index contributed by atoms with van der Waals surface area (Å²) in [6.07, 6.45) is 0. The zero-order chi connectivity index (χ0) is 20.8. The molecule has 0 fully saturated rings. The Balaban J connectivity index is 1.87. The number of benzene rings is 2. The first-order valence-electron chi connectivity index (χ1n) is 8.47. The molecule has 0 saturated heterocycles. The van der Waals surface area contributed by atoms with Crippen LogP contribution >= 0.6 is 27.3 Å². The smallest absolute Gasteiger partial charge is 0.328 e. The van der Waals surface area contributed by atoms with Gasteiger partial charge in [-0.3, -0.25) is 13.9 Å². The Morgan fingerprint density at radius 2 is 1.66 bits per heavy atom. The van der Waals surface area contributed by atoms with Crippen LogP contribution in [0.4, 0.5) is 5.69 Å². The number of aromatic nitrogens is 2. The van der Waals surface area contributed by atoms with E-state index in [1.807, 2.05) is 18.2 Å². The predicted molar refractivity (Wildman–Crippen MR) is 118 cm³/mol. The molecule has 0 atom stereocenters. The summed E-state index contributed by atoms with van der Waals surface area (Å²) in [5.74, 6) is 0.844. The van der Waals surface area contributed by atoms with Gasteiger partial charge in [0.25, 0.3) is 10.0 Å². The highest BCUT2D eigenvalue weighted by Crippen LogP contribution is 2.36. The Hall–Kier alpha value is -2.56. The van der Waals surface area contributed by atoms with Crippen molar-refractivity contribution in [1.29, 1.82) is 0 Å². The van der Waals surface area contributed by atoms with E-state index in [0.717, 1.165) is 11.3 Å². The van der Waals surface area contributed by atoms with Crippen LogP contribution < -0.4 is 15.1 Å². The zero-order valence-electron chi connectivity index (χ0n) is 15.4. The van der Waals surface area contributed by atoms with Gasteiger partial charge in [0.2, 0.25) is 0 Å². The third kappa shape index (κ3) is 3.70. The van der Waals surface area contributed by atoms with E-state index in [0.29, 0.717) is 26.3 Å². The molecule has 2 aromatic carbocycles. The largest absolute Gasteiger partial charge is 0.455 e. The van der Waals surface area contributed by atoms with Crippen LogP contribution in [0, 0.1) is 0 Å². The molecule has 0 amide bonds. The molecule has 0 saturated carbocycles. The Labute approximate surface area is 179 Å². The highest BCUT2D eigenvalue weighted by Gasteiger charge is 2.21. The summed E-state index contributed by atoms with van der Waals surface area (Å²) in [6.45, 7) is 0. The molecule has 4 aromatic rings. The van der Waals surface area contributed by atoms with Crippen LogP contribution in [0.1, 0.15) is 0 Å². The van der Waals surface area contributed by atoms with E-state index >= 15 is 0 Å². The van der Waals surface area contributed by atoms with Crippen molar-refractivity contribution in [1.82, 2.24) is 9.13 Å². The topological polar surface area (TPSA) is 82.3 Å². The van der Waals surface area contributed by atoms with Crippen molar-refractivity contribution in [2.75, 3.05) is 4.72 Å². The second-order valence-corrected chi connectivity index (χ2v) is 10.7. The minimum atomic E-state index is -3.83. The highest BCUT2D eigenvalue weighted by atomic mass is 79.9. The van der Waals surface area contributed by atoms with E-state index in [1.54, 1.807) is 44.4 Å². The lowest BCUT2D eigenvalue weighted by atomic mass is 10.2. The predicted octanol–water partition coefficient (Wildman–Crippen LogP) is 4.29. The van der Waals surface area contributed by atoms with Gasteiger partial charge in [0.1, 0.15) is 9.96 Å². The average Bonchev–Trinajstić information content (AvgIpc) is 3.22. The number of hydrogen-bond donors (Lipinski definition) is 1. The number of halogens is 1. The lowest BCUT2D eigenvalue weighted by Crippen LogP contribution is -2.19. The van der Waals surface area contributed by atoms with Gasteiger partial charge in [-0.2, -0.15) is 0 Å². The quantitative estimate of drug-likeness (QED) is 0.449. The third-order valence-electron chi connectivity index (χ3n) is 4.40. The van der Waals surface area contributed by atoms with Crippen molar-refractivity contribution in [2.24, 2.45) is 14.1 Å². The maximum atomic E-state index is 12.9. The first-order valence-corrected chi connectivity index (χ1v) is 11.6. The number of thiophene rings is 1. The fourth-order valence-electron chi connectivity index (χ4n) is 2.94. The van der Waals surface area contributed by atoms with Gasteiger partial charge in [0.15, 0.2) is 5.75 Å². The monoisotopic (exact) mass is 493 g/mol. The molecule has 0 aliphatic rings. The molecule has 0 radical (unpaired) electrons. The minimum absolute atomic E-state index is 0.164. The number of hydrogen-bond acceptors (Lipinski definition) is 5. The molecule has 0 bridgehead atoms. The summed E-state index contributed by atoms with van der Waals surface area (Å²) in [5.41, 5.74) is 1.24. The summed E-state index contributed by atoms with van der Waals surface area (Å²) in [6, 6.07) is 15.5. The molecule has 0 aliphatic carbocycles. The van der Waals surface area contributed by atoms with Crippen LogP contribution in [0.3, 0.4) is 0 Å². The molecule has 1 N–H and O–H groups in total. The van der Waals surface area contributed by atoms with Gasteiger partial charge < -0.3 is 4.74 Å². The van der Waals surface area contributed by atoms with Crippen LogP contribution in [0.5, 0.6) is 11.5 Å². The number of anilines is 1. The minimum Gasteiger partial charge on any atom is -0.455 e. The second-order valence-electron chi connectivity index (χ2n) is 6.32. The van der Waals surface area contributed by atoms with Gasteiger partial charge in [-0.1, -0.05) is 18.2 Å². The van der Waals surface area contributed by atoms with Gasteiger partial charge in [0.05, 0.1) is 20.5 Å². The summed E-state index contributed by atoms with van der Waals surface area (Å²) in [7, 11) is -0.535. The van der Waals surface area contributed by atoms with E-state index in [-0.39, 0.29) is 15.6 Å². The number of aryl methyl sites for hydroxylation is 2. The van der Waals surface area contributed by atoms with E-state index in [9.17, 15) is 13.2 Å². The average molecular weight is 494 g/mol. The lowest BCUT2D eigenvalue weighted by molar-refractivity contribution is 0.485. The maximum absolute atomic E-state index is 12.9. The molecule has 0 aliphatic heterocycles.